The first-order valence-electron chi connectivity index (χ1n) is 9.85. The van der Waals surface area contributed by atoms with Crippen molar-refractivity contribution in [3.05, 3.63) is 0 Å². The lowest BCUT2D eigenvalue weighted by atomic mass is 9.90. The molecule has 3 fully saturated rings. The van der Waals surface area contributed by atoms with E-state index in [1.807, 2.05) is 9.80 Å². The van der Waals surface area contributed by atoms with Crippen LogP contribution in [0.15, 0.2) is 0 Å². The Kier molecular flexibility index (Phi) is 6.21. The second-order valence-corrected chi connectivity index (χ2v) is 7.49. The summed E-state index contributed by atoms with van der Waals surface area (Å²) in [6, 6.07) is 0.251. The van der Waals surface area contributed by atoms with E-state index in [4.69, 9.17) is 0 Å². The van der Waals surface area contributed by atoms with Gasteiger partial charge in [-0.05, 0) is 51.4 Å². The zero-order valence-corrected chi connectivity index (χ0v) is 14.8. The van der Waals surface area contributed by atoms with Crippen LogP contribution in [0.1, 0.15) is 64.2 Å². The standard InChI is InChI=1S/C18H32N4O2/c23-17(21-11-5-1-6-12-21)19-15-9-3-4-10-16(15)20-18(24)22-13-7-2-8-14-22/h15-16H,1-14H2,(H,19,23)(H,20,24). The summed E-state index contributed by atoms with van der Waals surface area (Å²) >= 11 is 0. The molecule has 0 bridgehead atoms. The van der Waals surface area contributed by atoms with E-state index < -0.39 is 0 Å². The molecule has 4 amide bonds. The molecule has 136 valence electrons. The van der Waals surface area contributed by atoms with E-state index >= 15 is 0 Å². The number of rotatable bonds is 2. The van der Waals surface area contributed by atoms with Crippen molar-refractivity contribution in [2.75, 3.05) is 26.2 Å². The van der Waals surface area contributed by atoms with Crippen LogP contribution in [-0.2, 0) is 0 Å². The fourth-order valence-electron chi connectivity index (χ4n) is 4.17. The van der Waals surface area contributed by atoms with Gasteiger partial charge >= 0.3 is 12.1 Å². The highest BCUT2D eigenvalue weighted by Gasteiger charge is 2.30. The molecule has 0 spiro atoms. The molecule has 2 N–H and O–H groups in total. The monoisotopic (exact) mass is 336 g/mol. The van der Waals surface area contributed by atoms with E-state index in [-0.39, 0.29) is 24.1 Å². The fourth-order valence-corrected chi connectivity index (χ4v) is 4.17. The van der Waals surface area contributed by atoms with Gasteiger partial charge in [-0.15, -0.1) is 0 Å². The first-order valence-corrected chi connectivity index (χ1v) is 9.85. The van der Waals surface area contributed by atoms with Gasteiger partial charge in [0.2, 0.25) is 0 Å². The molecule has 1 saturated carbocycles. The maximum absolute atomic E-state index is 12.5. The molecule has 2 saturated heterocycles. The van der Waals surface area contributed by atoms with Crippen molar-refractivity contribution in [2.45, 2.75) is 76.3 Å². The number of hydrogen-bond acceptors (Lipinski definition) is 2. The quantitative estimate of drug-likeness (QED) is 0.814. The minimum absolute atomic E-state index is 0.0545. The molecule has 2 unspecified atom stereocenters. The summed E-state index contributed by atoms with van der Waals surface area (Å²) in [7, 11) is 0. The molecule has 3 rings (SSSR count). The number of hydrogen-bond donors (Lipinski definition) is 2. The molecule has 2 heterocycles. The molecule has 2 atom stereocenters. The maximum atomic E-state index is 12.5. The van der Waals surface area contributed by atoms with Gasteiger partial charge in [-0.2, -0.15) is 0 Å². The largest absolute Gasteiger partial charge is 0.333 e. The van der Waals surface area contributed by atoms with E-state index in [0.29, 0.717) is 0 Å². The molecule has 6 nitrogen and oxygen atoms in total. The van der Waals surface area contributed by atoms with Gasteiger partial charge in [0.1, 0.15) is 0 Å². The summed E-state index contributed by atoms with van der Waals surface area (Å²) in [5, 5.41) is 6.40. The van der Waals surface area contributed by atoms with Crippen molar-refractivity contribution >= 4 is 12.1 Å². The second-order valence-electron chi connectivity index (χ2n) is 7.49. The Morgan fingerprint density at radius 3 is 1.33 bits per heavy atom. The second kappa shape index (κ2) is 8.58. The van der Waals surface area contributed by atoms with Crippen LogP contribution in [0.4, 0.5) is 9.59 Å². The predicted molar refractivity (Wildman–Crippen MR) is 94.0 cm³/mol. The number of carbonyl (C=O) groups is 2. The van der Waals surface area contributed by atoms with Crippen molar-refractivity contribution in [3.63, 3.8) is 0 Å². The Labute approximate surface area is 145 Å². The Bertz CT molecular complexity index is 391. The van der Waals surface area contributed by atoms with E-state index in [1.54, 1.807) is 0 Å². The lowest BCUT2D eigenvalue weighted by Crippen LogP contribution is -2.58. The third-order valence-electron chi connectivity index (χ3n) is 5.67. The predicted octanol–water partition coefficient (Wildman–Crippen LogP) is 2.69. The van der Waals surface area contributed by atoms with Crippen molar-refractivity contribution in [1.82, 2.24) is 20.4 Å². The van der Waals surface area contributed by atoms with Crippen molar-refractivity contribution in [3.8, 4) is 0 Å². The van der Waals surface area contributed by atoms with Crippen molar-refractivity contribution in [1.29, 1.82) is 0 Å². The van der Waals surface area contributed by atoms with Crippen LogP contribution < -0.4 is 10.6 Å². The Hall–Kier alpha value is -1.46. The van der Waals surface area contributed by atoms with Gasteiger partial charge in [-0.25, -0.2) is 9.59 Å². The summed E-state index contributed by atoms with van der Waals surface area (Å²) in [5.74, 6) is 0. The molecule has 0 aromatic carbocycles. The van der Waals surface area contributed by atoms with Crippen LogP contribution in [0.25, 0.3) is 0 Å². The van der Waals surface area contributed by atoms with E-state index in [0.717, 1.165) is 77.5 Å². The number of likely N-dealkylation sites (tertiary alicyclic amines) is 2. The summed E-state index contributed by atoms with van der Waals surface area (Å²) in [4.78, 5) is 28.8. The molecule has 2 aliphatic heterocycles. The van der Waals surface area contributed by atoms with Crippen LogP contribution in [0.5, 0.6) is 0 Å². The number of urea groups is 2. The molecule has 0 aromatic heterocycles. The Morgan fingerprint density at radius 1 is 0.583 bits per heavy atom. The lowest BCUT2D eigenvalue weighted by molar-refractivity contribution is 0.163. The summed E-state index contributed by atoms with van der Waals surface area (Å²) in [6.07, 6.45) is 11.0. The topological polar surface area (TPSA) is 64.7 Å². The summed E-state index contributed by atoms with van der Waals surface area (Å²) in [6.45, 7) is 3.46. The van der Waals surface area contributed by atoms with Gasteiger partial charge in [0.15, 0.2) is 0 Å². The SMILES string of the molecule is O=C(NC1CCCCC1NC(=O)N1CCCCC1)N1CCCCC1. The van der Waals surface area contributed by atoms with Crippen molar-refractivity contribution in [2.24, 2.45) is 0 Å². The highest BCUT2D eigenvalue weighted by Crippen LogP contribution is 2.20. The van der Waals surface area contributed by atoms with Crippen LogP contribution in [0, 0.1) is 0 Å². The highest BCUT2D eigenvalue weighted by molar-refractivity contribution is 5.76. The van der Waals surface area contributed by atoms with Crippen LogP contribution in [0.2, 0.25) is 0 Å². The Morgan fingerprint density at radius 2 is 0.958 bits per heavy atom. The molecular weight excluding hydrogens is 304 g/mol. The van der Waals surface area contributed by atoms with E-state index in [1.165, 1.54) is 12.8 Å². The maximum Gasteiger partial charge on any atom is 0.317 e. The number of nitrogens with zero attached hydrogens (tertiary/aromatic N) is 2. The number of nitrogens with one attached hydrogen (secondary N) is 2. The minimum atomic E-state index is 0.0545. The minimum Gasteiger partial charge on any atom is -0.333 e. The lowest BCUT2D eigenvalue weighted by Gasteiger charge is -2.37. The van der Waals surface area contributed by atoms with E-state index in [9.17, 15) is 9.59 Å². The molecule has 1 aliphatic carbocycles. The number of carbonyl (C=O) groups excluding carboxylic acids is 2. The summed E-state index contributed by atoms with van der Waals surface area (Å²) in [5.41, 5.74) is 0. The Balaban J connectivity index is 1.52. The third kappa shape index (κ3) is 4.54. The van der Waals surface area contributed by atoms with Gasteiger partial charge < -0.3 is 20.4 Å². The molecule has 6 heteroatoms. The smallest absolute Gasteiger partial charge is 0.317 e. The first kappa shape index (κ1) is 17.4. The molecule has 24 heavy (non-hydrogen) atoms. The summed E-state index contributed by atoms with van der Waals surface area (Å²) < 4.78 is 0. The fraction of sp³-hybridized carbons (Fsp3) is 0.889. The average molecular weight is 336 g/mol. The van der Waals surface area contributed by atoms with Gasteiger partial charge in [-0.1, -0.05) is 12.8 Å². The first-order chi connectivity index (χ1) is 11.7. The normalized spacial score (nSPS) is 28.3. The molecular formula is C18H32N4O2. The zero-order valence-electron chi connectivity index (χ0n) is 14.8. The van der Waals surface area contributed by atoms with Crippen LogP contribution in [-0.4, -0.2) is 60.1 Å². The highest BCUT2D eigenvalue weighted by atomic mass is 16.2. The molecule has 0 radical (unpaired) electrons. The van der Waals surface area contributed by atoms with Crippen LogP contribution in [0.3, 0.4) is 0 Å². The van der Waals surface area contributed by atoms with Gasteiger partial charge in [0.05, 0.1) is 12.1 Å². The van der Waals surface area contributed by atoms with Gasteiger partial charge in [0.25, 0.3) is 0 Å². The van der Waals surface area contributed by atoms with Gasteiger partial charge in [-0.3, -0.25) is 0 Å². The van der Waals surface area contributed by atoms with E-state index in [2.05, 4.69) is 10.6 Å². The molecule has 0 aromatic rings. The molecule has 3 aliphatic rings. The average Bonchev–Trinajstić information content (AvgIpc) is 2.64. The number of amides is 4. The van der Waals surface area contributed by atoms with Gasteiger partial charge in [0, 0.05) is 26.2 Å². The van der Waals surface area contributed by atoms with Crippen LogP contribution >= 0.6 is 0 Å². The number of piperidine rings is 2. The third-order valence-corrected chi connectivity index (χ3v) is 5.67. The van der Waals surface area contributed by atoms with Crippen molar-refractivity contribution < 1.29 is 9.59 Å². The zero-order chi connectivity index (χ0) is 16.8.